The lowest BCUT2D eigenvalue weighted by molar-refractivity contribution is 0.219. The van der Waals surface area contributed by atoms with Crippen molar-refractivity contribution >= 4 is 0 Å². The lowest BCUT2D eigenvalue weighted by atomic mass is 10.1. The van der Waals surface area contributed by atoms with Gasteiger partial charge in [0, 0.05) is 5.56 Å². The van der Waals surface area contributed by atoms with Crippen molar-refractivity contribution in [2.75, 3.05) is 0 Å². The van der Waals surface area contributed by atoms with Crippen molar-refractivity contribution in [3.63, 3.8) is 0 Å². The first-order chi connectivity index (χ1) is 6.38. The van der Waals surface area contributed by atoms with Crippen molar-refractivity contribution in [1.82, 2.24) is 0 Å². The van der Waals surface area contributed by atoms with E-state index in [-0.39, 0.29) is 0 Å². The van der Waals surface area contributed by atoms with Crippen molar-refractivity contribution in [2.45, 2.75) is 6.10 Å². The minimum Gasteiger partial charge on any atom is -0.472 e. The summed E-state index contributed by atoms with van der Waals surface area (Å²) in [7, 11) is 0. The summed E-state index contributed by atoms with van der Waals surface area (Å²) in [5.41, 5.74) is 1.66. The van der Waals surface area contributed by atoms with Crippen LogP contribution in [0.2, 0.25) is 0 Å². The largest absolute Gasteiger partial charge is 0.472 e. The molecule has 0 radical (unpaired) electrons. The average Bonchev–Trinajstić information content (AvgIpc) is 2.71. The van der Waals surface area contributed by atoms with Gasteiger partial charge in [0.25, 0.3) is 0 Å². The molecule has 0 bridgehead atoms. The van der Waals surface area contributed by atoms with Crippen LogP contribution in [-0.2, 0) is 0 Å². The van der Waals surface area contributed by atoms with Crippen LogP contribution < -0.4 is 0 Å². The van der Waals surface area contributed by atoms with Crippen molar-refractivity contribution in [2.24, 2.45) is 0 Å². The molecule has 1 aromatic heterocycles. The van der Waals surface area contributed by atoms with Gasteiger partial charge in [-0.2, -0.15) is 0 Å². The molecule has 2 nitrogen and oxygen atoms in total. The molecule has 13 heavy (non-hydrogen) atoms. The molecule has 0 amide bonds. The monoisotopic (exact) mass is 174 g/mol. The van der Waals surface area contributed by atoms with E-state index in [9.17, 15) is 5.11 Å². The van der Waals surface area contributed by atoms with Gasteiger partial charge in [-0.15, -0.1) is 0 Å². The van der Waals surface area contributed by atoms with Gasteiger partial charge in [-0.1, -0.05) is 30.3 Å². The smallest absolute Gasteiger partial charge is 0.107 e. The van der Waals surface area contributed by atoms with Crippen molar-refractivity contribution < 1.29 is 9.52 Å². The van der Waals surface area contributed by atoms with Gasteiger partial charge in [0.1, 0.15) is 6.10 Å². The normalized spacial score (nSPS) is 12.7. The van der Waals surface area contributed by atoms with E-state index in [2.05, 4.69) is 0 Å². The maximum Gasteiger partial charge on any atom is 0.107 e. The second-order valence-corrected chi connectivity index (χ2v) is 2.87. The molecule has 2 heteroatoms. The number of hydrogen-bond acceptors (Lipinski definition) is 2. The zero-order chi connectivity index (χ0) is 9.10. The Morgan fingerprint density at radius 1 is 1.00 bits per heavy atom. The summed E-state index contributed by atoms with van der Waals surface area (Å²) in [4.78, 5) is 0. The summed E-state index contributed by atoms with van der Waals surface area (Å²) >= 11 is 0. The molecule has 1 N–H and O–H groups in total. The molecule has 1 aromatic carbocycles. The Morgan fingerprint density at radius 2 is 1.77 bits per heavy atom. The Bertz CT molecular complexity index is 351. The Labute approximate surface area is 76.4 Å². The van der Waals surface area contributed by atoms with Crippen molar-refractivity contribution in [3.05, 3.63) is 60.1 Å². The zero-order valence-electron chi connectivity index (χ0n) is 7.05. The van der Waals surface area contributed by atoms with Gasteiger partial charge in [0.15, 0.2) is 0 Å². The van der Waals surface area contributed by atoms with E-state index in [0.29, 0.717) is 0 Å². The Balaban J connectivity index is 2.29. The van der Waals surface area contributed by atoms with Crippen LogP contribution >= 0.6 is 0 Å². The highest BCUT2D eigenvalue weighted by atomic mass is 16.3. The number of hydrogen-bond donors (Lipinski definition) is 1. The molecule has 0 aliphatic carbocycles. The molecule has 1 atom stereocenters. The van der Waals surface area contributed by atoms with Crippen LogP contribution in [0.15, 0.2) is 53.3 Å². The van der Waals surface area contributed by atoms with E-state index in [1.165, 1.54) is 0 Å². The van der Waals surface area contributed by atoms with E-state index < -0.39 is 6.10 Å². The number of benzene rings is 1. The third-order valence-electron chi connectivity index (χ3n) is 1.97. The number of rotatable bonds is 2. The highest BCUT2D eigenvalue weighted by molar-refractivity contribution is 5.26. The SMILES string of the molecule is O[C@H](c1ccccc1)c1ccoc1. The summed E-state index contributed by atoms with van der Waals surface area (Å²) in [6, 6.07) is 11.3. The molecule has 1 heterocycles. The van der Waals surface area contributed by atoms with Crippen LogP contribution in [0.4, 0.5) is 0 Å². The predicted molar refractivity (Wildman–Crippen MR) is 49.2 cm³/mol. The summed E-state index contributed by atoms with van der Waals surface area (Å²) in [6.45, 7) is 0. The van der Waals surface area contributed by atoms with Gasteiger partial charge in [0.2, 0.25) is 0 Å². The van der Waals surface area contributed by atoms with E-state index in [4.69, 9.17) is 4.42 Å². The topological polar surface area (TPSA) is 33.4 Å². The highest BCUT2D eigenvalue weighted by Crippen LogP contribution is 2.21. The minimum atomic E-state index is -0.583. The van der Waals surface area contributed by atoms with Crippen LogP contribution in [0.25, 0.3) is 0 Å². The molecule has 0 spiro atoms. The van der Waals surface area contributed by atoms with Crippen molar-refractivity contribution in [3.8, 4) is 0 Å². The first kappa shape index (κ1) is 8.08. The number of aliphatic hydroxyl groups excluding tert-OH is 1. The maximum atomic E-state index is 9.82. The second kappa shape index (κ2) is 3.46. The lowest BCUT2D eigenvalue weighted by Gasteiger charge is -2.07. The molecule has 0 saturated carbocycles. The average molecular weight is 174 g/mol. The van der Waals surface area contributed by atoms with Crippen LogP contribution in [-0.4, -0.2) is 5.11 Å². The van der Waals surface area contributed by atoms with E-state index in [1.54, 1.807) is 18.6 Å². The molecule has 2 aromatic rings. The van der Waals surface area contributed by atoms with E-state index in [1.807, 2.05) is 30.3 Å². The van der Waals surface area contributed by atoms with Crippen LogP contribution in [0.3, 0.4) is 0 Å². The van der Waals surface area contributed by atoms with E-state index >= 15 is 0 Å². The van der Waals surface area contributed by atoms with Gasteiger partial charge in [0.05, 0.1) is 12.5 Å². The Morgan fingerprint density at radius 3 is 2.38 bits per heavy atom. The van der Waals surface area contributed by atoms with Crippen LogP contribution in [0, 0.1) is 0 Å². The van der Waals surface area contributed by atoms with Gasteiger partial charge >= 0.3 is 0 Å². The minimum absolute atomic E-state index is 0.583. The molecular formula is C11H10O2. The Hall–Kier alpha value is -1.54. The molecule has 2 rings (SSSR count). The highest BCUT2D eigenvalue weighted by Gasteiger charge is 2.09. The van der Waals surface area contributed by atoms with Gasteiger partial charge < -0.3 is 9.52 Å². The summed E-state index contributed by atoms with van der Waals surface area (Å²) in [5.74, 6) is 0. The first-order valence-corrected chi connectivity index (χ1v) is 4.13. The zero-order valence-corrected chi connectivity index (χ0v) is 7.05. The molecule has 0 saturated heterocycles. The number of aliphatic hydroxyl groups is 1. The summed E-state index contributed by atoms with van der Waals surface area (Å²) in [6.07, 6.45) is 2.53. The third kappa shape index (κ3) is 1.63. The lowest BCUT2D eigenvalue weighted by Crippen LogP contribution is -1.96. The standard InChI is InChI=1S/C11H10O2/c12-11(10-6-7-13-8-10)9-4-2-1-3-5-9/h1-8,11-12H/t11-/m1/s1. The number of furan rings is 1. The van der Waals surface area contributed by atoms with Gasteiger partial charge in [-0.3, -0.25) is 0 Å². The second-order valence-electron chi connectivity index (χ2n) is 2.87. The van der Waals surface area contributed by atoms with Crippen LogP contribution in [0.1, 0.15) is 17.2 Å². The van der Waals surface area contributed by atoms with Crippen LogP contribution in [0.5, 0.6) is 0 Å². The van der Waals surface area contributed by atoms with Crippen molar-refractivity contribution in [1.29, 1.82) is 0 Å². The predicted octanol–water partition coefficient (Wildman–Crippen LogP) is 2.36. The van der Waals surface area contributed by atoms with Gasteiger partial charge in [-0.05, 0) is 11.6 Å². The Kier molecular flexibility index (Phi) is 2.15. The molecule has 66 valence electrons. The molecular weight excluding hydrogens is 164 g/mol. The quantitative estimate of drug-likeness (QED) is 0.758. The third-order valence-corrected chi connectivity index (χ3v) is 1.97. The fourth-order valence-corrected chi connectivity index (χ4v) is 1.26. The summed E-state index contributed by atoms with van der Waals surface area (Å²) in [5, 5.41) is 9.82. The van der Waals surface area contributed by atoms with Gasteiger partial charge in [-0.25, -0.2) is 0 Å². The fourth-order valence-electron chi connectivity index (χ4n) is 1.26. The molecule has 0 fully saturated rings. The first-order valence-electron chi connectivity index (χ1n) is 4.13. The van der Waals surface area contributed by atoms with E-state index in [0.717, 1.165) is 11.1 Å². The summed E-state index contributed by atoms with van der Waals surface area (Å²) < 4.78 is 4.90. The maximum absolute atomic E-state index is 9.82. The molecule has 0 aliphatic heterocycles. The fraction of sp³-hybridized carbons (Fsp3) is 0.0909. The molecule has 0 aliphatic rings. The molecule has 0 unspecified atom stereocenters.